The summed E-state index contributed by atoms with van der Waals surface area (Å²) in [4.78, 5) is 11.8. The maximum absolute atomic E-state index is 11.8. The quantitative estimate of drug-likeness (QED) is 0.477. The zero-order valence-corrected chi connectivity index (χ0v) is 13.3. The Morgan fingerprint density at radius 2 is 1.65 bits per heavy atom. The molecule has 0 N–H and O–H groups in total. The summed E-state index contributed by atoms with van der Waals surface area (Å²) in [5.74, 6) is 0.431. The molecule has 0 spiro atoms. The second kappa shape index (κ2) is 10.7. The molecule has 0 heterocycles. The maximum Gasteiger partial charge on any atom is 0.133 e. The van der Waals surface area contributed by atoms with E-state index in [9.17, 15) is 4.79 Å². The van der Waals surface area contributed by atoms with Crippen molar-refractivity contribution in [3.63, 3.8) is 0 Å². The van der Waals surface area contributed by atoms with E-state index < -0.39 is 0 Å². The first kappa shape index (κ1) is 16.9. The van der Waals surface area contributed by atoms with E-state index in [0.29, 0.717) is 12.2 Å². The molecule has 0 saturated carbocycles. The van der Waals surface area contributed by atoms with Crippen LogP contribution in [0.5, 0.6) is 0 Å². The largest absolute Gasteiger partial charge is 0.300 e. The number of ketones is 1. The molecule has 1 aromatic rings. The van der Waals surface area contributed by atoms with Gasteiger partial charge in [-0.2, -0.15) is 0 Å². The van der Waals surface area contributed by atoms with Gasteiger partial charge in [-0.1, -0.05) is 75.3 Å². The number of carbonyl (C=O) groups excluding carboxylic acids is 1. The minimum atomic E-state index is 0.431. The summed E-state index contributed by atoms with van der Waals surface area (Å²) in [6.45, 7) is 4.34. The molecule has 0 amide bonds. The van der Waals surface area contributed by atoms with Crippen molar-refractivity contribution in [2.45, 2.75) is 78.1 Å². The molecule has 0 atom stereocenters. The Balaban J connectivity index is 2.03. The summed E-state index contributed by atoms with van der Waals surface area (Å²) in [6.07, 6.45) is 11.3. The average molecular weight is 274 g/mol. The molecule has 0 aliphatic heterocycles. The van der Waals surface area contributed by atoms with Gasteiger partial charge < -0.3 is 0 Å². The van der Waals surface area contributed by atoms with Crippen molar-refractivity contribution in [1.82, 2.24) is 0 Å². The van der Waals surface area contributed by atoms with Crippen molar-refractivity contribution in [3.8, 4) is 0 Å². The molecule has 0 radical (unpaired) electrons. The first-order valence-electron chi connectivity index (χ1n) is 8.29. The molecule has 0 unspecified atom stereocenters. The second-order valence-corrected chi connectivity index (χ2v) is 5.90. The smallest absolute Gasteiger partial charge is 0.133 e. The molecule has 20 heavy (non-hydrogen) atoms. The molecular formula is C19H30O. The fraction of sp³-hybridized carbons (Fsp3) is 0.632. The standard InChI is InChI=1S/C19H30O/c1-3-4-5-6-7-8-9-13-19(20)15-14-18-12-10-11-17(2)16-18/h10-12,16H,3-9,13-15H2,1-2H3. The molecule has 1 nitrogen and oxygen atoms in total. The van der Waals surface area contributed by atoms with E-state index in [0.717, 1.165) is 19.3 Å². The van der Waals surface area contributed by atoms with E-state index in [4.69, 9.17) is 0 Å². The fourth-order valence-corrected chi connectivity index (χ4v) is 2.56. The number of rotatable bonds is 11. The van der Waals surface area contributed by atoms with E-state index in [-0.39, 0.29) is 0 Å². The zero-order chi connectivity index (χ0) is 14.6. The van der Waals surface area contributed by atoms with Crippen LogP contribution >= 0.6 is 0 Å². The topological polar surface area (TPSA) is 17.1 Å². The van der Waals surface area contributed by atoms with Gasteiger partial charge in [-0.25, -0.2) is 0 Å². The summed E-state index contributed by atoms with van der Waals surface area (Å²) in [5.41, 5.74) is 2.57. The SMILES string of the molecule is CCCCCCCCCC(=O)CCc1cccc(C)c1. The third-order valence-corrected chi connectivity index (χ3v) is 3.83. The maximum atomic E-state index is 11.8. The summed E-state index contributed by atoms with van der Waals surface area (Å²) >= 11 is 0. The predicted octanol–water partition coefficient (Wildman–Crippen LogP) is 5.64. The third-order valence-electron chi connectivity index (χ3n) is 3.83. The van der Waals surface area contributed by atoms with Crippen LogP contribution < -0.4 is 0 Å². The lowest BCUT2D eigenvalue weighted by Crippen LogP contribution is -2.00. The minimum absolute atomic E-state index is 0.431. The highest BCUT2D eigenvalue weighted by Gasteiger charge is 2.03. The predicted molar refractivity (Wildman–Crippen MR) is 87.1 cm³/mol. The molecule has 1 aromatic carbocycles. The number of carbonyl (C=O) groups is 1. The molecule has 0 aromatic heterocycles. The lowest BCUT2D eigenvalue weighted by atomic mass is 10.0. The number of benzene rings is 1. The summed E-state index contributed by atoms with van der Waals surface area (Å²) < 4.78 is 0. The number of unbranched alkanes of at least 4 members (excludes halogenated alkanes) is 6. The van der Waals surface area contributed by atoms with Gasteiger partial charge in [-0.3, -0.25) is 4.79 Å². The average Bonchev–Trinajstić information content (AvgIpc) is 2.44. The van der Waals surface area contributed by atoms with E-state index in [2.05, 4.69) is 38.1 Å². The van der Waals surface area contributed by atoms with Gasteiger partial charge in [0.2, 0.25) is 0 Å². The molecule has 112 valence electrons. The highest BCUT2D eigenvalue weighted by molar-refractivity contribution is 5.78. The Bertz CT molecular complexity index is 381. The van der Waals surface area contributed by atoms with Gasteiger partial charge in [0.05, 0.1) is 0 Å². The van der Waals surface area contributed by atoms with Gasteiger partial charge in [0.1, 0.15) is 5.78 Å². The van der Waals surface area contributed by atoms with Crippen LogP contribution in [-0.4, -0.2) is 5.78 Å². The first-order valence-corrected chi connectivity index (χ1v) is 8.29. The van der Waals surface area contributed by atoms with Crippen molar-refractivity contribution in [2.24, 2.45) is 0 Å². The molecule has 0 aliphatic rings. The van der Waals surface area contributed by atoms with Gasteiger partial charge in [-0.15, -0.1) is 0 Å². The Kier molecular flexibility index (Phi) is 9.02. The van der Waals surface area contributed by atoms with Crippen LogP contribution in [-0.2, 0) is 11.2 Å². The van der Waals surface area contributed by atoms with E-state index in [1.807, 2.05) is 0 Å². The highest BCUT2D eigenvalue weighted by Crippen LogP contribution is 2.11. The second-order valence-electron chi connectivity index (χ2n) is 5.90. The zero-order valence-electron chi connectivity index (χ0n) is 13.3. The molecule has 0 fully saturated rings. The number of aryl methyl sites for hydroxylation is 2. The highest BCUT2D eigenvalue weighted by atomic mass is 16.1. The molecular weight excluding hydrogens is 244 g/mol. The Morgan fingerprint density at radius 3 is 2.35 bits per heavy atom. The summed E-state index contributed by atoms with van der Waals surface area (Å²) in [7, 11) is 0. The number of hydrogen-bond donors (Lipinski definition) is 0. The monoisotopic (exact) mass is 274 g/mol. The van der Waals surface area contributed by atoms with Gasteiger partial charge in [-0.05, 0) is 25.3 Å². The van der Waals surface area contributed by atoms with Crippen LogP contribution in [0.25, 0.3) is 0 Å². The lowest BCUT2D eigenvalue weighted by Gasteiger charge is -2.03. The van der Waals surface area contributed by atoms with Crippen LogP contribution in [0.4, 0.5) is 0 Å². The van der Waals surface area contributed by atoms with Crippen LogP contribution in [0.2, 0.25) is 0 Å². The van der Waals surface area contributed by atoms with Crippen LogP contribution in [0.15, 0.2) is 24.3 Å². The minimum Gasteiger partial charge on any atom is -0.300 e. The molecule has 1 rings (SSSR count). The van der Waals surface area contributed by atoms with E-state index >= 15 is 0 Å². The van der Waals surface area contributed by atoms with Crippen LogP contribution in [0, 0.1) is 6.92 Å². The summed E-state index contributed by atoms with van der Waals surface area (Å²) in [5, 5.41) is 0. The molecule has 1 heteroatoms. The molecule has 0 saturated heterocycles. The number of Topliss-reactive ketones (excluding diaryl/α,β-unsaturated/α-hetero) is 1. The molecule has 0 bridgehead atoms. The Hall–Kier alpha value is -1.11. The van der Waals surface area contributed by atoms with E-state index in [1.54, 1.807) is 0 Å². The number of hydrogen-bond acceptors (Lipinski definition) is 1. The van der Waals surface area contributed by atoms with Gasteiger partial charge in [0.25, 0.3) is 0 Å². The van der Waals surface area contributed by atoms with Crippen molar-refractivity contribution in [1.29, 1.82) is 0 Å². The third kappa shape index (κ3) is 8.14. The van der Waals surface area contributed by atoms with Crippen molar-refractivity contribution in [2.75, 3.05) is 0 Å². The first-order chi connectivity index (χ1) is 9.72. The van der Waals surface area contributed by atoms with Gasteiger partial charge in [0, 0.05) is 12.8 Å². The Labute approximate surface area is 124 Å². The van der Waals surface area contributed by atoms with Crippen LogP contribution in [0.1, 0.15) is 75.8 Å². The van der Waals surface area contributed by atoms with Gasteiger partial charge in [0.15, 0.2) is 0 Å². The van der Waals surface area contributed by atoms with Crippen molar-refractivity contribution >= 4 is 5.78 Å². The van der Waals surface area contributed by atoms with E-state index in [1.165, 1.54) is 49.7 Å². The van der Waals surface area contributed by atoms with Crippen molar-refractivity contribution < 1.29 is 4.79 Å². The van der Waals surface area contributed by atoms with Gasteiger partial charge >= 0.3 is 0 Å². The normalized spacial score (nSPS) is 10.7. The fourth-order valence-electron chi connectivity index (χ4n) is 2.56. The lowest BCUT2D eigenvalue weighted by molar-refractivity contribution is -0.119. The van der Waals surface area contributed by atoms with Crippen molar-refractivity contribution in [3.05, 3.63) is 35.4 Å². The Morgan fingerprint density at radius 1 is 0.950 bits per heavy atom. The van der Waals surface area contributed by atoms with Crippen LogP contribution in [0.3, 0.4) is 0 Å². The molecule has 0 aliphatic carbocycles. The summed E-state index contributed by atoms with van der Waals surface area (Å²) in [6, 6.07) is 8.48.